The zero-order valence-corrected chi connectivity index (χ0v) is 17.1. The van der Waals surface area contributed by atoms with E-state index in [1.807, 2.05) is 18.2 Å². The maximum absolute atomic E-state index is 12.7. The SMILES string of the molecule is O=C(Nc1ccc2c(c1)OCCO2)c1ccc(N2CCNC(c3ccccc3)C2)nc1. The number of hydrogen-bond donors (Lipinski definition) is 2. The summed E-state index contributed by atoms with van der Waals surface area (Å²) in [7, 11) is 0. The maximum atomic E-state index is 12.7. The number of amides is 1. The van der Waals surface area contributed by atoms with E-state index in [1.54, 1.807) is 24.4 Å². The molecule has 7 nitrogen and oxygen atoms in total. The van der Waals surface area contributed by atoms with Crippen LogP contribution in [-0.2, 0) is 0 Å². The molecule has 3 heterocycles. The molecule has 5 rings (SSSR count). The first-order chi connectivity index (χ1) is 15.3. The van der Waals surface area contributed by atoms with Gasteiger partial charge in [0.25, 0.3) is 5.91 Å². The smallest absolute Gasteiger partial charge is 0.257 e. The lowest BCUT2D eigenvalue weighted by atomic mass is 10.0. The average Bonchev–Trinajstić information content (AvgIpc) is 2.85. The number of benzene rings is 2. The van der Waals surface area contributed by atoms with Gasteiger partial charge in [0, 0.05) is 43.6 Å². The molecule has 0 aliphatic carbocycles. The van der Waals surface area contributed by atoms with Crippen molar-refractivity contribution in [3.8, 4) is 11.5 Å². The van der Waals surface area contributed by atoms with Crippen molar-refractivity contribution in [1.82, 2.24) is 10.3 Å². The number of carbonyl (C=O) groups is 1. The zero-order valence-electron chi connectivity index (χ0n) is 17.1. The van der Waals surface area contributed by atoms with Gasteiger partial charge in [-0.1, -0.05) is 30.3 Å². The monoisotopic (exact) mass is 416 g/mol. The fraction of sp³-hybridized carbons (Fsp3) is 0.250. The van der Waals surface area contributed by atoms with E-state index in [2.05, 4.69) is 44.8 Å². The molecule has 158 valence electrons. The van der Waals surface area contributed by atoms with E-state index in [4.69, 9.17) is 9.47 Å². The minimum atomic E-state index is -0.210. The molecule has 1 atom stereocenters. The van der Waals surface area contributed by atoms with Gasteiger partial charge < -0.3 is 25.0 Å². The quantitative estimate of drug-likeness (QED) is 0.680. The second kappa shape index (κ2) is 8.65. The van der Waals surface area contributed by atoms with E-state index in [0.29, 0.717) is 36.0 Å². The molecule has 0 radical (unpaired) electrons. The van der Waals surface area contributed by atoms with Crippen molar-refractivity contribution in [3.63, 3.8) is 0 Å². The Kier molecular flexibility index (Phi) is 5.41. The predicted molar refractivity (Wildman–Crippen MR) is 119 cm³/mol. The van der Waals surface area contributed by atoms with Crippen LogP contribution in [-0.4, -0.2) is 43.7 Å². The van der Waals surface area contributed by atoms with Crippen LogP contribution in [0.15, 0.2) is 66.9 Å². The molecule has 1 saturated heterocycles. The Morgan fingerprint density at radius 3 is 2.68 bits per heavy atom. The lowest BCUT2D eigenvalue weighted by Crippen LogP contribution is -2.46. The number of rotatable bonds is 4. The summed E-state index contributed by atoms with van der Waals surface area (Å²) in [6, 6.07) is 19.8. The van der Waals surface area contributed by atoms with Crippen LogP contribution in [0.5, 0.6) is 11.5 Å². The molecule has 2 N–H and O–H groups in total. The topological polar surface area (TPSA) is 75.7 Å². The van der Waals surface area contributed by atoms with Crippen LogP contribution in [0.3, 0.4) is 0 Å². The van der Waals surface area contributed by atoms with Crippen molar-refractivity contribution in [2.45, 2.75) is 6.04 Å². The molecule has 0 bridgehead atoms. The zero-order chi connectivity index (χ0) is 21.0. The molecular weight excluding hydrogens is 392 g/mol. The van der Waals surface area contributed by atoms with E-state index < -0.39 is 0 Å². The van der Waals surface area contributed by atoms with Crippen molar-refractivity contribution < 1.29 is 14.3 Å². The summed E-state index contributed by atoms with van der Waals surface area (Å²) in [5.74, 6) is 2.00. The first-order valence-corrected chi connectivity index (χ1v) is 10.5. The molecule has 1 unspecified atom stereocenters. The summed E-state index contributed by atoms with van der Waals surface area (Å²) in [5, 5.41) is 6.46. The number of carbonyl (C=O) groups excluding carboxylic acids is 1. The van der Waals surface area contributed by atoms with Gasteiger partial charge in [0.15, 0.2) is 11.5 Å². The Bertz CT molecular complexity index is 1060. The number of piperazine rings is 1. The van der Waals surface area contributed by atoms with Gasteiger partial charge in [0.1, 0.15) is 19.0 Å². The third kappa shape index (κ3) is 4.32. The van der Waals surface area contributed by atoms with Crippen molar-refractivity contribution in [3.05, 3.63) is 78.0 Å². The van der Waals surface area contributed by atoms with Crippen LogP contribution in [0.4, 0.5) is 11.5 Å². The molecule has 2 aromatic carbocycles. The van der Waals surface area contributed by atoms with Gasteiger partial charge in [-0.05, 0) is 29.8 Å². The summed E-state index contributed by atoms with van der Waals surface area (Å²) in [6.45, 7) is 3.63. The van der Waals surface area contributed by atoms with Crippen LogP contribution < -0.4 is 25.0 Å². The number of anilines is 2. The minimum absolute atomic E-state index is 0.210. The molecule has 2 aliphatic rings. The van der Waals surface area contributed by atoms with Gasteiger partial charge in [-0.2, -0.15) is 0 Å². The highest BCUT2D eigenvalue weighted by Gasteiger charge is 2.22. The summed E-state index contributed by atoms with van der Waals surface area (Å²) >= 11 is 0. The Balaban J connectivity index is 1.25. The highest BCUT2D eigenvalue weighted by molar-refractivity contribution is 6.04. The lowest BCUT2D eigenvalue weighted by molar-refractivity contribution is 0.102. The largest absolute Gasteiger partial charge is 0.486 e. The second-order valence-corrected chi connectivity index (χ2v) is 7.58. The van der Waals surface area contributed by atoms with E-state index in [1.165, 1.54) is 5.56 Å². The minimum Gasteiger partial charge on any atom is -0.486 e. The molecule has 31 heavy (non-hydrogen) atoms. The third-order valence-electron chi connectivity index (χ3n) is 5.51. The second-order valence-electron chi connectivity index (χ2n) is 7.58. The van der Waals surface area contributed by atoms with Gasteiger partial charge in [-0.15, -0.1) is 0 Å². The number of aromatic nitrogens is 1. The van der Waals surface area contributed by atoms with Crippen molar-refractivity contribution >= 4 is 17.4 Å². The molecule has 0 spiro atoms. The number of nitrogens with one attached hydrogen (secondary N) is 2. The average molecular weight is 416 g/mol. The number of fused-ring (bicyclic) bond motifs is 1. The van der Waals surface area contributed by atoms with Gasteiger partial charge in [-0.25, -0.2) is 4.98 Å². The van der Waals surface area contributed by atoms with Crippen LogP contribution in [0, 0.1) is 0 Å². The fourth-order valence-corrected chi connectivity index (χ4v) is 3.90. The van der Waals surface area contributed by atoms with Gasteiger partial charge in [0.2, 0.25) is 0 Å². The van der Waals surface area contributed by atoms with E-state index in [-0.39, 0.29) is 11.9 Å². The number of nitrogens with zero attached hydrogens (tertiary/aromatic N) is 2. The Hall–Kier alpha value is -3.58. The van der Waals surface area contributed by atoms with Crippen molar-refractivity contribution in [1.29, 1.82) is 0 Å². The van der Waals surface area contributed by atoms with Gasteiger partial charge >= 0.3 is 0 Å². The standard InChI is InChI=1S/C24H24N4O3/c29-24(27-19-7-8-21-22(14-19)31-13-12-30-21)18-6-9-23(26-15-18)28-11-10-25-20(16-28)17-4-2-1-3-5-17/h1-9,14-15,20,25H,10-13,16H2,(H,27,29). The molecule has 3 aromatic rings. The predicted octanol–water partition coefficient (Wildman–Crippen LogP) is 3.26. The summed E-state index contributed by atoms with van der Waals surface area (Å²) < 4.78 is 11.1. The normalized spacial score (nSPS) is 17.8. The van der Waals surface area contributed by atoms with Crippen LogP contribution in [0.1, 0.15) is 22.0 Å². The van der Waals surface area contributed by atoms with Crippen LogP contribution in [0.25, 0.3) is 0 Å². The van der Waals surface area contributed by atoms with E-state index >= 15 is 0 Å². The molecule has 1 fully saturated rings. The van der Waals surface area contributed by atoms with Crippen molar-refractivity contribution in [2.75, 3.05) is 43.1 Å². The first kappa shape index (κ1) is 19.4. The molecule has 1 aromatic heterocycles. The van der Waals surface area contributed by atoms with E-state index in [0.717, 1.165) is 25.5 Å². The summed E-state index contributed by atoms with van der Waals surface area (Å²) in [4.78, 5) is 19.5. The number of ether oxygens (including phenoxy) is 2. The molecule has 7 heteroatoms. The summed E-state index contributed by atoms with van der Waals surface area (Å²) in [5.41, 5.74) is 2.43. The van der Waals surface area contributed by atoms with Gasteiger partial charge in [-0.3, -0.25) is 4.79 Å². The Morgan fingerprint density at radius 1 is 1.03 bits per heavy atom. The number of hydrogen-bond acceptors (Lipinski definition) is 6. The van der Waals surface area contributed by atoms with Crippen LogP contribution in [0.2, 0.25) is 0 Å². The molecular formula is C24H24N4O3. The first-order valence-electron chi connectivity index (χ1n) is 10.5. The highest BCUT2D eigenvalue weighted by atomic mass is 16.6. The Labute approximate surface area is 181 Å². The van der Waals surface area contributed by atoms with Crippen molar-refractivity contribution in [2.24, 2.45) is 0 Å². The molecule has 2 aliphatic heterocycles. The Morgan fingerprint density at radius 2 is 1.87 bits per heavy atom. The molecule has 0 saturated carbocycles. The summed E-state index contributed by atoms with van der Waals surface area (Å²) in [6.07, 6.45) is 1.63. The van der Waals surface area contributed by atoms with E-state index in [9.17, 15) is 4.79 Å². The number of pyridine rings is 1. The molecule has 1 amide bonds. The van der Waals surface area contributed by atoms with Gasteiger partial charge in [0.05, 0.1) is 5.56 Å². The fourth-order valence-electron chi connectivity index (χ4n) is 3.90. The highest BCUT2D eigenvalue weighted by Crippen LogP contribution is 2.32. The third-order valence-corrected chi connectivity index (χ3v) is 5.51. The lowest BCUT2D eigenvalue weighted by Gasteiger charge is -2.34. The van der Waals surface area contributed by atoms with Crippen LogP contribution >= 0.6 is 0 Å². The maximum Gasteiger partial charge on any atom is 0.257 e.